The minimum atomic E-state index is -4.33. The van der Waals surface area contributed by atoms with Gasteiger partial charge in [0.05, 0.1) is 5.56 Å². The molecule has 4 rings (SSSR count). The molecule has 2 aromatic rings. The van der Waals surface area contributed by atoms with Gasteiger partial charge in [0.25, 0.3) is 0 Å². The van der Waals surface area contributed by atoms with E-state index in [1.165, 1.54) is 12.1 Å². The molecule has 0 aromatic heterocycles. The zero-order valence-electron chi connectivity index (χ0n) is 13.9. The Bertz CT molecular complexity index is 835. The van der Waals surface area contributed by atoms with Crippen LogP contribution in [0.4, 0.5) is 24.5 Å². The molecular formula is C19H18F3N3O. The number of primary amides is 1. The van der Waals surface area contributed by atoms with Crippen LogP contribution in [0.15, 0.2) is 48.5 Å². The van der Waals surface area contributed by atoms with Gasteiger partial charge in [-0.15, -0.1) is 0 Å². The summed E-state index contributed by atoms with van der Waals surface area (Å²) >= 11 is 0. The quantitative estimate of drug-likeness (QED) is 0.913. The molecule has 2 saturated heterocycles. The van der Waals surface area contributed by atoms with Gasteiger partial charge in [-0.05, 0) is 48.9 Å². The summed E-state index contributed by atoms with van der Waals surface area (Å²) in [6, 6.07) is 13.1. The summed E-state index contributed by atoms with van der Waals surface area (Å²) in [6.07, 6.45) is -3.42. The fraction of sp³-hybridized carbons (Fsp3) is 0.316. The SMILES string of the molecule is NC(=O)c1ccc(N2C[C@@H]3C[C@H]2CN3c2cccc(C(F)(F)F)c2)cc1. The molecule has 2 aliphatic heterocycles. The number of piperazine rings is 1. The number of hydrogen-bond donors (Lipinski definition) is 1. The second-order valence-corrected chi connectivity index (χ2v) is 6.81. The maximum atomic E-state index is 13.0. The summed E-state index contributed by atoms with van der Waals surface area (Å²) in [5.74, 6) is -0.463. The largest absolute Gasteiger partial charge is 0.416 e. The topological polar surface area (TPSA) is 49.6 Å². The van der Waals surface area contributed by atoms with Crippen LogP contribution in [0.5, 0.6) is 0 Å². The van der Waals surface area contributed by atoms with Gasteiger partial charge in [0.1, 0.15) is 0 Å². The predicted octanol–water partition coefficient (Wildman–Crippen LogP) is 3.27. The van der Waals surface area contributed by atoms with Crippen molar-refractivity contribution in [3.8, 4) is 0 Å². The molecule has 2 heterocycles. The van der Waals surface area contributed by atoms with Crippen molar-refractivity contribution in [3.05, 3.63) is 59.7 Å². The van der Waals surface area contributed by atoms with E-state index in [4.69, 9.17) is 5.73 Å². The van der Waals surface area contributed by atoms with Gasteiger partial charge in [0.2, 0.25) is 5.91 Å². The van der Waals surface area contributed by atoms with Crippen LogP contribution < -0.4 is 15.5 Å². The lowest BCUT2D eigenvalue weighted by molar-refractivity contribution is -0.137. The van der Waals surface area contributed by atoms with Crippen LogP contribution in [0, 0.1) is 0 Å². The Kier molecular flexibility index (Phi) is 3.82. The van der Waals surface area contributed by atoms with Gasteiger partial charge in [0, 0.05) is 42.1 Å². The monoisotopic (exact) mass is 361 g/mol. The normalized spacial score (nSPS) is 22.1. The molecule has 2 fully saturated rings. The smallest absolute Gasteiger partial charge is 0.366 e. The highest BCUT2D eigenvalue weighted by Crippen LogP contribution is 2.39. The van der Waals surface area contributed by atoms with E-state index in [1.54, 1.807) is 18.2 Å². The standard InChI is InChI=1S/C19H18F3N3O/c20-19(21,22)13-2-1-3-15(8-13)25-11-16-9-17(25)10-24(16)14-6-4-12(5-7-14)18(23)26/h1-8,16-17H,9-11H2,(H2,23,26)/t16-,17-/m0/s1. The molecule has 0 aliphatic carbocycles. The van der Waals surface area contributed by atoms with Gasteiger partial charge < -0.3 is 15.5 Å². The number of fused-ring (bicyclic) bond motifs is 2. The van der Waals surface area contributed by atoms with Crippen LogP contribution in [0.2, 0.25) is 0 Å². The van der Waals surface area contributed by atoms with Crippen LogP contribution >= 0.6 is 0 Å². The Morgan fingerprint density at radius 2 is 1.58 bits per heavy atom. The van der Waals surface area contributed by atoms with Crippen LogP contribution in [-0.4, -0.2) is 31.1 Å². The number of alkyl halides is 3. The summed E-state index contributed by atoms with van der Waals surface area (Å²) in [7, 11) is 0. The first kappa shape index (κ1) is 16.8. The average molecular weight is 361 g/mol. The van der Waals surface area contributed by atoms with Crippen molar-refractivity contribution in [1.29, 1.82) is 0 Å². The van der Waals surface area contributed by atoms with Crippen molar-refractivity contribution in [2.45, 2.75) is 24.7 Å². The lowest BCUT2D eigenvalue weighted by atomic mass is 10.1. The molecule has 0 radical (unpaired) electrons. The van der Waals surface area contributed by atoms with Crippen LogP contribution in [-0.2, 0) is 6.18 Å². The van der Waals surface area contributed by atoms with Gasteiger partial charge in [-0.2, -0.15) is 13.2 Å². The molecule has 1 amide bonds. The lowest BCUT2D eigenvalue weighted by Crippen LogP contribution is -2.46. The van der Waals surface area contributed by atoms with Crippen molar-refractivity contribution in [3.63, 3.8) is 0 Å². The summed E-state index contributed by atoms with van der Waals surface area (Å²) in [6.45, 7) is 1.43. The molecule has 0 spiro atoms. The number of halogens is 3. The van der Waals surface area contributed by atoms with E-state index in [2.05, 4.69) is 9.80 Å². The van der Waals surface area contributed by atoms with Gasteiger partial charge in [-0.3, -0.25) is 4.79 Å². The molecule has 0 saturated carbocycles. The van der Waals surface area contributed by atoms with Gasteiger partial charge in [-0.1, -0.05) is 6.07 Å². The van der Waals surface area contributed by atoms with E-state index in [1.807, 2.05) is 12.1 Å². The number of carbonyl (C=O) groups excluding carboxylic acids is 1. The number of rotatable bonds is 3. The van der Waals surface area contributed by atoms with Gasteiger partial charge in [0.15, 0.2) is 0 Å². The summed E-state index contributed by atoms with van der Waals surface area (Å²) in [5, 5.41) is 0. The molecule has 136 valence electrons. The third-order valence-electron chi connectivity index (χ3n) is 5.23. The summed E-state index contributed by atoms with van der Waals surface area (Å²) in [4.78, 5) is 15.5. The van der Waals surface area contributed by atoms with Crippen molar-refractivity contribution in [2.75, 3.05) is 22.9 Å². The molecule has 2 N–H and O–H groups in total. The molecule has 2 aliphatic rings. The number of benzene rings is 2. The molecule has 2 atom stereocenters. The van der Waals surface area contributed by atoms with E-state index in [-0.39, 0.29) is 12.1 Å². The zero-order chi connectivity index (χ0) is 18.5. The fourth-order valence-corrected chi connectivity index (χ4v) is 3.98. The molecule has 0 unspecified atom stereocenters. The fourth-order valence-electron chi connectivity index (χ4n) is 3.98. The van der Waals surface area contributed by atoms with Gasteiger partial charge in [-0.25, -0.2) is 0 Å². The first-order chi connectivity index (χ1) is 12.3. The highest BCUT2D eigenvalue weighted by atomic mass is 19.4. The van der Waals surface area contributed by atoms with Crippen LogP contribution in [0.25, 0.3) is 0 Å². The predicted molar refractivity (Wildman–Crippen MR) is 93.3 cm³/mol. The number of amides is 1. The number of nitrogens with two attached hydrogens (primary N) is 1. The van der Waals surface area contributed by atoms with Crippen molar-refractivity contribution in [2.24, 2.45) is 5.73 Å². The Hall–Kier alpha value is -2.70. The van der Waals surface area contributed by atoms with E-state index in [9.17, 15) is 18.0 Å². The molecule has 4 nitrogen and oxygen atoms in total. The van der Waals surface area contributed by atoms with Crippen LogP contribution in [0.1, 0.15) is 22.3 Å². The molecule has 2 aromatic carbocycles. The second kappa shape index (κ2) is 5.93. The van der Waals surface area contributed by atoms with Crippen molar-refractivity contribution >= 4 is 17.3 Å². The van der Waals surface area contributed by atoms with Gasteiger partial charge >= 0.3 is 6.18 Å². The first-order valence-corrected chi connectivity index (χ1v) is 8.43. The Balaban J connectivity index is 1.51. The lowest BCUT2D eigenvalue weighted by Gasteiger charge is -2.37. The van der Waals surface area contributed by atoms with E-state index in [0.29, 0.717) is 17.8 Å². The summed E-state index contributed by atoms with van der Waals surface area (Å²) in [5.41, 5.74) is 6.74. The summed E-state index contributed by atoms with van der Waals surface area (Å²) < 4.78 is 38.9. The molecular weight excluding hydrogens is 343 g/mol. The minimum Gasteiger partial charge on any atom is -0.366 e. The number of carbonyl (C=O) groups is 1. The van der Waals surface area contributed by atoms with Crippen molar-refractivity contribution < 1.29 is 18.0 Å². The second-order valence-electron chi connectivity index (χ2n) is 6.81. The first-order valence-electron chi connectivity index (χ1n) is 8.43. The highest BCUT2D eigenvalue weighted by Gasteiger charge is 2.43. The van der Waals surface area contributed by atoms with Crippen LogP contribution in [0.3, 0.4) is 0 Å². The average Bonchev–Trinajstić information content (AvgIpc) is 3.22. The highest BCUT2D eigenvalue weighted by molar-refractivity contribution is 5.93. The minimum absolute atomic E-state index is 0.180. The Morgan fingerprint density at radius 3 is 2.12 bits per heavy atom. The Morgan fingerprint density at radius 1 is 0.962 bits per heavy atom. The number of anilines is 2. The third kappa shape index (κ3) is 2.87. The maximum Gasteiger partial charge on any atom is 0.416 e. The zero-order valence-corrected chi connectivity index (χ0v) is 13.9. The van der Waals surface area contributed by atoms with E-state index in [0.717, 1.165) is 24.7 Å². The number of hydrogen-bond acceptors (Lipinski definition) is 3. The Labute approximate surface area is 149 Å². The van der Waals surface area contributed by atoms with E-state index < -0.39 is 17.6 Å². The van der Waals surface area contributed by atoms with E-state index >= 15 is 0 Å². The molecule has 7 heteroatoms. The third-order valence-corrected chi connectivity index (χ3v) is 5.23. The molecule has 26 heavy (non-hydrogen) atoms. The van der Waals surface area contributed by atoms with Crippen molar-refractivity contribution in [1.82, 2.24) is 0 Å². The molecule has 2 bridgehead atoms. The maximum absolute atomic E-state index is 13.0. The number of nitrogens with zero attached hydrogens (tertiary/aromatic N) is 2.